The van der Waals surface area contributed by atoms with Crippen molar-refractivity contribution in [3.8, 4) is 5.75 Å². The van der Waals surface area contributed by atoms with Crippen molar-refractivity contribution in [3.05, 3.63) is 59.7 Å². The van der Waals surface area contributed by atoms with Crippen LogP contribution in [0, 0.1) is 0 Å². The molecule has 0 amide bonds. The molecule has 2 heteroatoms. The highest BCUT2D eigenvalue weighted by Gasteiger charge is 1.96. The van der Waals surface area contributed by atoms with E-state index in [9.17, 15) is 0 Å². The van der Waals surface area contributed by atoms with Crippen LogP contribution in [0.1, 0.15) is 18.1 Å². The van der Waals surface area contributed by atoms with E-state index in [1.165, 1.54) is 11.1 Å². The molecule has 0 saturated heterocycles. The summed E-state index contributed by atoms with van der Waals surface area (Å²) in [7, 11) is 0. The summed E-state index contributed by atoms with van der Waals surface area (Å²) in [4.78, 5) is 0. The van der Waals surface area contributed by atoms with Gasteiger partial charge < -0.3 is 10.5 Å². The lowest BCUT2D eigenvalue weighted by Gasteiger charge is -2.07. The van der Waals surface area contributed by atoms with Crippen LogP contribution in [0.3, 0.4) is 0 Å². The maximum Gasteiger partial charge on any atom is 0.119 e. The fourth-order valence-electron chi connectivity index (χ4n) is 1.79. The average molecular weight is 241 g/mol. The SMILES string of the molecule is CCc1ccc(OCCc2ccc(N)cc2)cc1. The second kappa shape index (κ2) is 6.10. The molecule has 2 rings (SSSR count). The highest BCUT2D eigenvalue weighted by Crippen LogP contribution is 2.13. The molecule has 2 N–H and O–H groups in total. The third-order valence-electron chi connectivity index (χ3n) is 2.97. The van der Waals surface area contributed by atoms with Crippen molar-refractivity contribution in [3.63, 3.8) is 0 Å². The van der Waals surface area contributed by atoms with Gasteiger partial charge in [0.05, 0.1) is 6.61 Å². The summed E-state index contributed by atoms with van der Waals surface area (Å²) >= 11 is 0. The lowest BCUT2D eigenvalue weighted by molar-refractivity contribution is 0.322. The molecule has 0 unspecified atom stereocenters. The Morgan fingerprint density at radius 2 is 1.50 bits per heavy atom. The molecule has 0 heterocycles. The van der Waals surface area contributed by atoms with E-state index < -0.39 is 0 Å². The summed E-state index contributed by atoms with van der Waals surface area (Å²) in [6.45, 7) is 2.84. The van der Waals surface area contributed by atoms with Gasteiger partial charge in [-0.25, -0.2) is 0 Å². The number of rotatable bonds is 5. The summed E-state index contributed by atoms with van der Waals surface area (Å²) < 4.78 is 5.71. The van der Waals surface area contributed by atoms with Gasteiger partial charge in [-0.2, -0.15) is 0 Å². The van der Waals surface area contributed by atoms with Gasteiger partial charge in [0.1, 0.15) is 5.75 Å². The van der Waals surface area contributed by atoms with Gasteiger partial charge in [-0.3, -0.25) is 0 Å². The minimum absolute atomic E-state index is 0.690. The molecule has 2 nitrogen and oxygen atoms in total. The molecule has 0 atom stereocenters. The Labute approximate surface area is 108 Å². The molecule has 0 bridgehead atoms. The van der Waals surface area contributed by atoms with Crippen molar-refractivity contribution in [2.45, 2.75) is 19.8 Å². The normalized spacial score (nSPS) is 10.3. The van der Waals surface area contributed by atoms with Gasteiger partial charge in [0, 0.05) is 12.1 Å². The number of hydrogen-bond donors (Lipinski definition) is 1. The van der Waals surface area contributed by atoms with Gasteiger partial charge in [-0.1, -0.05) is 31.2 Å². The van der Waals surface area contributed by atoms with Crippen molar-refractivity contribution >= 4 is 5.69 Å². The molecule has 0 aliphatic heterocycles. The summed E-state index contributed by atoms with van der Waals surface area (Å²) in [5.74, 6) is 0.933. The van der Waals surface area contributed by atoms with Gasteiger partial charge in [0.25, 0.3) is 0 Å². The third kappa shape index (κ3) is 3.52. The lowest BCUT2D eigenvalue weighted by atomic mass is 10.1. The summed E-state index contributed by atoms with van der Waals surface area (Å²) in [5.41, 5.74) is 9.02. The van der Waals surface area contributed by atoms with Crippen molar-refractivity contribution in [2.24, 2.45) is 0 Å². The number of anilines is 1. The molecule has 0 aliphatic rings. The Balaban J connectivity index is 1.82. The first-order valence-corrected chi connectivity index (χ1v) is 6.34. The highest BCUT2D eigenvalue weighted by molar-refractivity contribution is 5.39. The van der Waals surface area contributed by atoms with E-state index in [1.807, 2.05) is 36.4 Å². The van der Waals surface area contributed by atoms with Crippen molar-refractivity contribution in [1.29, 1.82) is 0 Å². The van der Waals surface area contributed by atoms with E-state index >= 15 is 0 Å². The zero-order chi connectivity index (χ0) is 12.8. The van der Waals surface area contributed by atoms with E-state index in [2.05, 4.69) is 19.1 Å². The predicted octanol–water partition coefficient (Wildman–Crippen LogP) is 3.45. The minimum atomic E-state index is 0.690. The van der Waals surface area contributed by atoms with Crippen molar-refractivity contribution in [2.75, 3.05) is 12.3 Å². The number of nitrogens with two attached hydrogens (primary N) is 1. The van der Waals surface area contributed by atoms with Crippen LogP contribution in [0.15, 0.2) is 48.5 Å². The van der Waals surface area contributed by atoms with Crippen LogP contribution in [0.5, 0.6) is 5.75 Å². The summed E-state index contributed by atoms with van der Waals surface area (Å²) in [5, 5.41) is 0. The molecule has 2 aromatic carbocycles. The second-order valence-electron chi connectivity index (χ2n) is 4.34. The molecule has 2 aromatic rings. The Kier molecular flexibility index (Phi) is 4.24. The highest BCUT2D eigenvalue weighted by atomic mass is 16.5. The zero-order valence-electron chi connectivity index (χ0n) is 10.7. The van der Waals surface area contributed by atoms with Crippen LogP contribution >= 0.6 is 0 Å². The molecule has 0 aliphatic carbocycles. The van der Waals surface area contributed by atoms with E-state index in [0.717, 1.165) is 24.3 Å². The van der Waals surface area contributed by atoms with Gasteiger partial charge >= 0.3 is 0 Å². The monoisotopic (exact) mass is 241 g/mol. The van der Waals surface area contributed by atoms with Crippen LogP contribution in [0.4, 0.5) is 5.69 Å². The molecule has 0 radical (unpaired) electrons. The number of hydrogen-bond acceptors (Lipinski definition) is 2. The topological polar surface area (TPSA) is 35.2 Å². The second-order valence-corrected chi connectivity index (χ2v) is 4.34. The van der Waals surface area contributed by atoms with E-state index in [-0.39, 0.29) is 0 Å². The number of aryl methyl sites for hydroxylation is 1. The largest absolute Gasteiger partial charge is 0.493 e. The molecule has 0 spiro atoms. The van der Waals surface area contributed by atoms with Crippen LogP contribution in [0.25, 0.3) is 0 Å². The lowest BCUT2D eigenvalue weighted by Crippen LogP contribution is -2.01. The quantitative estimate of drug-likeness (QED) is 0.814. The Bertz CT molecular complexity index is 473. The number of ether oxygens (including phenoxy) is 1. The Hall–Kier alpha value is -1.96. The maximum atomic E-state index is 5.71. The van der Waals surface area contributed by atoms with Gasteiger partial charge in [0.2, 0.25) is 0 Å². The number of benzene rings is 2. The molecule has 0 saturated carbocycles. The van der Waals surface area contributed by atoms with Crippen molar-refractivity contribution < 1.29 is 4.74 Å². The van der Waals surface area contributed by atoms with Crippen LogP contribution in [-0.2, 0) is 12.8 Å². The van der Waals surface area contributed by atoms with Crippen molar-refractivity contribution in [1.82, 2.24) is 0 Å². The average Bonchev–Trinajstić information content (AvgIpc) is 2.42. The first kappa shape index (κ1) is 12.5. The smallest absolute Gasteiger partial charge is 0.119 e. The van der Waals surface area contributed by atoms with Gasteiger partial charge in [0.15, 0.2) is 0 Å². The fourth-order valence-corrected chi connectivity index (χ4v) is 1.79. The summed E-state index contributed by atoms with van der Waals surface area (Å²) in [6, 6.07) is 16.2. The standard InChI is InChI=1S/C16H19NO/c1-2-13-5-9-16(10-6-13)18-12-11-14-3-7-15(17)8-4-14/h3-10H,2,11-12,17H2,1H3. The first-order valence-electron chi connectivity index (χ1n) is 6.34. The molecule has 0 aromatic heterocycles. The van der Waals surface area contributed by atoms with Crippen LogP contribution in [0.2, 0.25) is 0 Å². The fraction of sp³-hybridized carbons (Fsp3) is 0.250. The van der Waals surface area contributed by atoms with Gasteiger partial charge in [-0.15, -0.1) is 0 Å². The maximum absolute atomic E-state index is 5.71. The molecular formula is C16H19NO. The van der Waals surface area contributed by atoms with E-state index in [1.54, 1.807) is 0 Å². The third-order valence-corrected chi connectivity index (χ3v) is 2.97. The Morgan fingerprint density at radius 1 is 0.889 bits per heavy atom. The van der Waals surface area contributed by atoms with E-state index in [0.29, 0.717) is 6.61 Å². The minimum Gasteiger partial charge on any atom is -0.493 e. The molecule has 94 valence electrons. The van der Waals surface area contributed by atoms with E-state index in [4.69, 9.17) is 10.5 Å². The zero-order valence-corrected chi connectivity index (χ0v) is 10.7. The summed E-state index contributed by atoms with van der Waals surface area (Å²) in [6.07, 6.45) is 1.96. The number of nitrogen functional groups attached to an aromatic ring is 1. The molecule has 0 fully saturated rings. The molecular weight excluding hydrogens is 222 g/mol. The first-order chi connectivity index (χ1) is 8.78. The predicted molar refractivity (Wildman–Crippen MR) is 75.9 cm³/mol. The van der Waals surface area contributed by atoms with Crippen LogP contribution < -0.4 is 10.5 Å². The van der Waals surface area contributed by atoms with Crippen LogP contribution in [-0.4, -0.2) is 6.61 Å². The Morgan fingerprint density at radius 3 is 2.11 bits per heavy atom. The van der Waals surface area contributed by atoms with Gasteiger partial charge in [-0.05, 0) is 41.8 Å². The molecule has 18 heavy (non-hydrogen) atoms.